The van der Waals surface area contributed by atoms with Crippen LogP contribution in [0.5, 0.6) is 0 Å². The fourth-order valence-electron chi connectivity index (χ4n) is 1.80. The fraction of sp³-hybridized carbons (Fsp3) is 0.500. The molecule has 0 fully saturated rings. The number of benzene rings is 1. The van der Waals surface area contributed by atoms with E-state index < -0.39 is 0 Å². The molecule has 1 rings (SSSR count). The smallest absolute Gasteiger partial charge is 0.220 e. The van der Waals surface area contributed by atoms with Crippen LogP contribution in [-0.4, -0.2) is 17.6 Å². The minimum atomic E-state index is 0.0151. The van der Waals surface area contributed by atoms with Crippen molar-refractivity contribution >= 4 is 5.91 Å². The van der Waals surface area contributed by atoms with Gasteiger partial charge in [-0.3, -0.25) is 4.79 Å². The minimum absolute atomic E-state index is 0.0151. The zero-order valence-electron chi connectivity index (χ0n) is 10.4. The first kappa shape index (κ1) is 13.7. The highest BCUT2D eigenvalue weighted by Gasteiger charge is 2.12. The molecule has 0 saturated carbocycles. The first-order valence-electron chi connectivity index (χ1n) is 6.23. The third-order valence-corrected chi connectivity index (χ3v) is 2.68. The van der Waals surface area contributed by atoms with Crippen molar-refractivity contribution in [2.75, 3.05) is 6.61 Å². The van der Waals surface area contributed by atoms with Crippen LogP contribution in [0.1, 0.15) is 44.2 Å². The molecule has 1 atom stereocenters. The Bertz CT molecular complexity index is 324. The number of rotatable bonds is 7. The first-order valence-corrected chi connectivity index (χ1v) is 6.23. The van der Waals surface area contributed by atoms with Crippen LogP contribution < -0.4 is 5.32 Å². The molecule has 1 amide bonds. The quantitative estimate of drug-likeness (QED) is 0.762. The van der Waals surface area contributed by atoms with Crippen LogP contribution in [0, 0.1) is 0 Å². The zero-order chi connectivity index (χ0) is 12.5. The number of aliphatic hydroxyl groups excluding tert-OH is 1. The number of carbonyl (C=O) groups excluding carboxylic acids is 1. The van der Waals surface area contributed by atoms with E-state index in [9.17, 15) is 4.79 Å². The van der Waals surface area contributed by atoms with Gasteiger partial charge in [0.05, 0.1) is 6.04 Å². The number of amides is 1. The second kappa shape index (κ2) is 7.85. The van der Waals surface area contributed by atoms with E-state index in [0.717, 1.165) is 18.4 Å². The molecule has 0 spiro atoms. The minimum Gasteiger partial charge on any atom is -0.396 e. The maximum atomic E-state index is 11.6. The standard InChI is InChI=1S/C14H21NO2/c1-2-7-13(12-8-4-3-5-9-12)15-14(17)10-6-11-16/h3-5,8-9,13,16H,2,6-7,10-11H2,1H3,(H,15,17). The van der Waals surface area contributed by atoms with Gasteiger partial charge in [0, 0.05) is 13.0 Å². The summed E-state index contributed by atoms with van der Waals surface area (Å²) in [6.45, 7) is 2.17. The van der Waals surface area contributed by atoms with Crippen LogP contribution in [0.15, 0.2) is 30.3 Å². The third-order valence-electron chi connectivity index (χ3n) is 2.68. The van der Waals surface area contributed by atoms with Gasteiger partial charge in [-0.25, -0.2) is 0 Å². The Morgan fingerprint density at radius 3 is 2.65 bits per heavy atom. The molecule has 0 heterocycles. The van der Waals surface area contributed by atoms with Gasteiger partial charge in [0.2, 0.25) is 5.91 Å². The number of aliphatic hydroxyl groups is 1. The highest BCUT2D eigenvalue weighted by Crippen LogP contribution is 2.18. The number of hydrogen-bond acceptors (Lipinski definition) is 2. The van der Waals surface area contributed by atoms with E-state index in [0.29, 0.717) is 12.8 Å². The monoisotopic (exact) mass is 235 g/mol. The zero-order valence-corrected chi connectivity index (χ0v) is 10.4. The van der Waals surface area contributed by atoms with E-state index >= 15 is 0 Å². The van der Waals surface area contributed by atoms with E-state index in [1.54, 1.807) is 0 Å². The normalized spacial score (nSPS) is 12.1. The largest absolute Gasteiger partial charge is 0.396 e. The Morgan fingerprint density at radius 2 is 2.06 bits per heavy atom. The maximum Gasteiger partial charge on any atom is 0.220 e. The number of hydrogen-bond donors (Lipinski definition) is 2. The van der Waals surface area contributed by atoms with Gasteiger partial charge in [0.15, 0.2) is 0 Å². The summed E-state index contributed by atoms with van der Waals surface area (Å²) >= 11 is 0. The van der Waals surface area contributed by atoms with Crippen LogP contribution in [0.4, 0.5) is 0 Å². The van der Waals surface area contributed by atoms with Crippen molar-refractivity contribution in [1.82, 2.24) is 5.32 Å². The molecule has 0 bridgehead atoms. The summed E-state index contributed by atoms with van der Waals surface area (Å²) in [7, 11) is 0. The van der Waals surface area contributed by atoms with E-state index in [-0.39, 0.29) is 18.6 Å². The van der Waals surface area contributed by atoms with E-state index in [2.05, 4.69) is 12.2 Å². The summed E-state index contributed by atoms with van der Waals surface area (Å²) in [5.41, 5.74) is 1.15. The lowest BCUT2D eigenvalue weighted by molar-refractivity contribution is -0.122. The lowest BCUT2D eigenvalue weighted by atomic mass is 10.0. The maximum absolute atomic E-state index is 11.6. The highest BCUT2D eigenvalue weighted by molar-refractivity contribution is 5.76. The average Bonchev–Trinajstić information content (AvgIpc) is 2.37. The second-order valence-electron chi connectivity index (χ2n) is 4.15. The summed E-state index contributed by atoms with van der Waals surface area (Å²) in [4.78, 5) is 11.6. The lowest BCUT2D eigenvalue weighted by Gasteiger charge is -2.18. The molecule has 0 saturated heterocycles. The van der Waals surface area contributed by atoms with Gasteiger partial charge in [-0.05, 0) is 18.4 Å². The molecule has 1 aromatic rings. The third kappa shape index (κ3) is 5.00. The van der Waals surface area contributed by atoms with Crippen molar-refractivity contribution in [2.24, 2.45) is 0 Å². The second-order valence-corrected chi connectivity index (χ2v) is 4.15. The SMILES string of the molecule is CCCC(NC(=O)CCCO)c1ccccc1. The molecule has 2 N–H and O–H groups in total. The Hall–Kier alpha value is -1.35. The molecule has 3 heteroatoms. The summed E-state index contributed by atoms with van der Waals surface area (Å²) < 4.78 is 0. The van der Waals surface area contributed by atoms with Crippen molar-refractivity contribution in [3.05, 3.63) is 35.9 Å². The van der Waals surface area contributed by atoms with Gasteiger partial charge in [0.25, 0.3) is 0 Å². The Kier molecular flexibility index (Phi) is 6.33. The molecule has 0 aromatic heterocycles. The Balaban J connectivity index is 2.57. The van der Waals surface area contributed by atoms with Crippen LogP contribution in [0.25, 0.3) is 0 Å². The molecule has 0 aliphatic rings. The summed E-state index contributed by atoms with van der Waals surface area (Å²) in [6, 6.07) is 10.1. The topological polar surface area (TPSA) is 49.3 Å². The fourth-order valence-corrected chi connectivity index (χ4v) is 1.80. The molecule has 1 unspecified atom stereocenters. The number of carbonyl (C=O) groups is 1. The van der Waals surface area contributed by atoms with Gasteiger partial charge in [-0.15, -0.1) is 0 Å². The molecule has 0 aliphatic carbocycles. The van der Waals surface area contributed by atoms with Crippen LogP contribution in [-0.2, 0) is 4.79 Å². The summed E-state index contributed by atoms with van der Waals surface area (Å²) in [5, 5.41) is 11.7. The Morgan fingerprint density at radius 1 is 1.35 bits per heavy atom. The molecule has 17 heavy (non-hydrogen) atoms. The molecule has 3 nitrogen and oxygen atoms in total. The first-order chi connectivity index (χ1) is 8.27. The van der Waals surface area contributed by atoms with Gasteiger partial charge in [0.1, 0.15) is 0 Å². The van der Waals surface area contributed by atoms with Crippen molar-refractivity contribution in [2.45, 2.75) is 38.6 Å². The van der Waals surface area contributed by atoms with E-state index in [1.165, 1.54) is 0 Å². The summed E-state index contributed by atoms with van der Waals surface area (Å²) in [6.07, 6.45) is 2.89. The molecule has 0 radical (unpaired) electrons. The lowest BCUT2D eigenvalue weighted by Crippen LogP contribution is -2.28. The molecular weight excluding hydrogens is 214 g/mol. The highest BCUT2D eigenvalue weighted by atomic mass is 16.3. The van der Waals surface area contributed by atoms with Crippen molar-refractivity contribution in [1.29, 1.82) is 0 Å². The average molecular weight is 235 g/mol. The van der Waals surface area contributed by atoms with Crippen molar-refractivity contribution in [3.8, 4) is 0 Å². The van der Waals surface area contributed by atoms with Crippen molar-refractivity contribution in [3.63, 3.8) is 0 Å². The van der Waals surface area contributed by atoms with Crippen molar-refractivity contribution < 1.29 is 9.90 Å². The predicted octanol–water partition coefficient (Wildman–Crippen LogP) is 2.42. The Labute approximate surface area is 103 Å². The summed E-state index contributed by atoms with van der Waals surface area (Å²) in [5.74, 6) is 0.0151. The van der Waals surface area contributed by atoms with Gasteiger partial charge in [-0.2, -0.15) is 0 Å². The predicted molar refractivity (Wildman–Crippen MR) is 68.6 cm³/mol. The molecule has 94 valence electrons. The van der Waals surface area contributed by atoms with Crippen LogP contribution >= 0.6 is 0 Å². The van der Waals surface area contributed by atoms with Gasteiger partial charge < -0.3 is 10.4 Å². The molecule has 0 aliphatic heterocycles. The van der Waals surface area contributed by atoms with Crippen LogP contribution in [0.3, 0.4) is 0 Å². The van der Waals surface area contributed by atoms with Gasteiger partial charge in [-0.1, -0.05) is 43.7 Å². The van der Waals surface area contributed by atoms with Crippen LogP contribution in [0.2, 0.25) is 0 Å². The van der Waals surface area contributed by atoms with Gasteiger partial charge >= 0.3 is 0 Å². The number of nitrogens with one attached hydrogen (secondary N) is 1. The van der Waals surface area contributed by atoms with E-state index in [4.69, 9.17) is 5.11 Å². The molecule has 1 aromatic carbocycles. The molecular formula is C14H21NO2. The van der Waals surface area contributed by atoms with E-state index in [1.807, 2.05) is 30.3 Å².